The molecular formula is C8H5BBrIO2S. The van der Waals surface area contributed by atoms with Gasteiger partial charge in [0.05, 0.1) is 3.79 Å². The van der Waals surface area contributed by atoms with Crippen molar-refractivity contribution in [2.75, 3.05) is 0 Å². The monoisotopic (exact) mass is 382 g/mol. The number of fused-ring (bicyclic) bond motifs is 1. The molecule has 2 nitrogen and oxygen atoms in total. The zero-order valence-corrected chi connectivity index (χ0v) is 11.4. The standard InChI is InChI=1S/C8H5BBrIO2S/c10-8-2-4-1-6(11)5(9(12)13)3-7(4)14-8/h1-3,12-13H. The average molecular weight is 383 g/mol. The Morgan fingerprint density at radius 2 is 2.00 bits per heavy atom. The molecule has 1 aromatic heterocycles. The first-order chi connectivity index (χ1) is 6.58. The number of benzene rings is 1. The van der Waals surface area contributed by atoms with Crippen LogP contribution >= 0.6 is 49.9 Å². The third kappa shape index (κ3) is 1.99. The fourth-order valence-corrected chi connectivity index (χ4v) is 3.60. The van der Waals surface area contributed by atoms with Gasteiger partial charge in [-0.15, -0.1) is 11.3 Å². The van der Waals surface area contributed by atoms with Crippen molar-refractivity contribution in [3.63, 3.8) is 0 Å². The van der Waals surface area contributed by atoms with Gasteiger partial charge < -0.3 is 10.0 Å². The Morgan fingerprint density at radius 1 is 1.29 bits per heavy atom. The minimum Gasteiger partial charge on any atom is -0.423 e. The van der Waals surface area contributed by atoms with Crippen LogP contribution in [-0.2, 0) is 0 Å². The summed E-state index contributed by atoms with van der Waals surface area (Å²) in [5.41, 5.74) is 0.562. The summed E-state index contributed by atoms with van der Waals surface area (Å²) >= 11 is 7.09. The van der Waals surface area contributed by atoms with E-state index in [1.807, 2.05) is 18.2 Å². The minimum atomic E-state index is -1.40. The number of hydrogen-bond donors (Lipinski definition) is 2. The van der Waals surface area contributed by atoms with E-state index in [-0.39, 0.29) is 0 Å². The van der Waals surface area contributed by atoms with Gasteiger partial charge >= 0.3 is 7.12 Å². The second-order valence-electron chi connectivity index (χ2n) is 2.84. The first-order valence-corrected chi connectivity index (χ1v) is 6.51. The molecule has 0 spiro atoms. The molecule has 0 saturated carbocycles. The highest BCUT2D eigenvalue weighted by Gasteiger charge is 2.16. The predicted octanol–water partition coefficient (Wildman–Crippen LogP) is 1.95. The largest absolute Gasteiger partial charge is 0.489 e. The number of thiophene rings is 1. The Morgan fingerprint density at radius 3 is 2.64 bits per heavy atom. The van der Waals surface area contributed by atoms with Crippen LogP contribution in [0.2, 0.25) is 0 Å². The molecule has 0 aliphatic rings. The highest BCUT2D eigenvalue weighted by atomic mass is 127. The van der Waals surface area contributed by atoms with Gasteiger partial charge in [-0.05, 0) is 67.6 Å². The summed E-state index contributed by atoms with van der Waals surface area (Å²) in [5.74, 6) is 0. The van der Waals surface area contributed by atoms with E-state index >= 15 is 0 Å². The van der Waals surface area contributed by atoms with Crippen LogP contribution in [0.1, 0.15) is 0 Å². The highest BCUT2D eigenvalue weighted by molar-refractivity contribution is 14.1. The van der Waals surface area contributed by atoms with Gasteiger partial charge in [-0.3, -0.25) is 0 Å². The van der Waals surface area contributed by atoms with E-state index in [0.29, 0.717) is 5.46 Å². The molecule has 0 atom stereocenters. The Balaban J connectivity index is 2.70. The fraction of sp³-hybridized carbons (Fsp3) is 0. The van der Waals surface area contributed by atoms with E-state index < -0.39 is 7.12 Å². The molecule has 0 amide bonds. The lowest BCUT2D eigenvalue weighted by atomic mass is 9.80. The topological polar surface area (TPSA) is 40.5 Å². The Bertz CT molecular complexity index is 485. The van der Waals surface area contributed by atoms with Gasteiger partial charge in [0.25, 0.3) is 0 Å². The van der Waals surface area contributed by atoms with Crippen LogP contribution in [0.25, 0.3) is 10.1 Å². The molecule has 2 N–H and O–H groups in total. The molecule has 2 rings (SSSR count). The normalized spacial score (nSPS) is 10.9. The summed E-state index contributed by atoms with van der Waals surface area (Å²) < 4.78 is 2.98. The van der Waals surface area contributed by atoms with Gasteiger partial charge in [-0.1, -0.05) is 0 Å². The molecule has 0 unspecified atom stereocenters. The Hall–Kier alpha value is 0.375. The van der Waals surface area contributed by atoms with Crippen LogP contribution in [0, 0.1) is 3.57 Å². The quantitative estimate of drug-likeness (QED) is 0.584. The third-order valence-corrected chi connectivity index (χ3v) is 4.42. The summed E-state index contributed by atoms with van der Waals surface area (Å²) in [7, 11) is -1.40. The molecule has 14 heavy (non-hydrogen) atoms. The van der Waals surface area contributed by atoms with Crippen LogP contribution in [0.15, 0.2) is 22.0 Å². The molecule has 0 aliphatic carbocycles. The Labute approximate surface area is 107 Å². The molecule has 2 aromatic rings. The summed E-state index contributed by atoms with van der Waals surface area (Å²) in [4.78, 5) is 0. The minimum absolute atomic E-state index is 0.562. The molecule has 0 bridgehead atoms. The van der Waals surface area contributed by atoms with Gasteiger partial charge in [0.15, 0.2) is 0 Å². The van der Waals surface area contributed by atoms with E-state index in [1.54, 1.807) is 11.3 Å². The molecule has 0 radical (unpaired) electrons. The van der Waals surface area contributed by atoms with Crippen molar-refractivity contribution < 1.29 is 10.0 Å². The average Bonchev–Trinajstić information content (AvgIpc) is 2.42. The summed E-state index contributed by atoms with van der Waals surface area (Å²) in [6.07, 6.45) is 0. The molecule has 1 aromatic carbocycles. The molecule has 0 aliphatic heterocycles. The third-order valence-electron chi connectivity index (χ3n) is 1.88. The van der Waals surface area contributed by atoms with Crippen LogP contribution in [0.5, 0.6) is 0 Å². The highest BCUT2D eigenvalue weighted by Crippen LogP contribution is 2.29. The summed E-state index contributed by atoms with van der Waals surface area (Å²) in [6.45, 7) is 0. The molecule has 72 valence electrons. The smallest absolute Gasteiger partial charge is 0.423 e. The fourth-order valence-electron chi connectivity index (χ4n) is 1.24. The van der Waals surface area contributed by atoms with Crippen molar-refractivity contribution in [1.82, 2.24) is 0 Å². The number of hydrogen-bond acceptors (Lipinski definition) is 3. The van der Waals surface area contributed by atoms with E-state index in [2.05, 4.69) is 38.5 Å². The van der Waals surface area contributed by atoms with E-state index in [4.69, 9.17) is 10.0 Å². The van der Waals surface area contributed by atoms with Gasteiger partial charge in [0.2, 0.25) is 0 Å². The SMILES string of the molecule is OB(O)c1cc2sc(Br)cc2cc1I. The summed E-state index contributed by atoms with van der Waals surface area (Å²) in [6, 6.07) is 5.79. The maximum atomic E-state index is 9.11. The van der Waals surface area contributed by atoms with Crippen molar-refractivity contribution in [3.05, 3.63) is 25.6 Å². The van der Waals surface area contributed by atoms with E-state index in [9.17, 15) is 0 Å². The predicted molar refractivity (Wildman–Crippen MR) is 72.1 cm³/mol. The maximum absolute atomic E-state index is 9.11. The molecule has 1 heterocycles. The van der Waals surface area contributed by atoms with Crippen molar-refractivity contribution in [3.8, 4) is 0 Å². The molecular weight excluding hydrogens is 378 g/mol. The van der Waals surface area contributed by atoms with Crippen LogP contribution in [-0.4, -0.2) is 17.2 Å². The molecule has 6 heteroatoms. The van der Waals surface area contributed by atoms with Crippen molar-refractivity contribution in [1.29, 1.82) is 0 Å². The first-order valence-electron chi connectivity index (χ1n) is 3.82. The molecule has 0 saturated heterocycles. The lowest BCUT2D eigenvalue weighted by Gasteiger charge is -2.02. The van der Waals surface area contributed by atoms with E-state index in [0.717, 1.165) is 17.4 Å². The van der Waals surface area contributed by atoms with Gasteiger partial charge in [-0.2, -0.15) is 0 Å². The van der Waals surface area contributed by atoms with E-state index in [1.165, 1.54) is 0 Å². The van der Waals surface area contributed by atoms with Crippen molar-refractivity contribution in [2.45, 2.75) is 0 Å². The molecule has 0 fully saturated rings. The van der Waals surface area contributed by atoms with Gasteiger partial charge in [0, 0.05) is 8.27 Å². The number of halogens is 2. The zero-order chi connectivity index (χ0) is 10.3. The second kappa shape index (κ2) is 4.09. The van der Waals surface area contributed by atoms with Gasteiger partial charge in [-0.25, -0.2) is 0 Å². The second-order valence-corrected chi connectivity index (χ2v) is 6.46. The van der Waals surface area contributed by atoms with Gasteiger partial charge in [0.1, 0.15) is 0 Å². The van der Waals surface area contributed by atoms with Crippen LogP contribution in [0.4, 0.5) is 0 Å². The lowest BCUT2D eigenvalue weighted by Crippen LogP contribution is -2.32. The number of rotatable bonds is 1. The first kappa shape index (κ1) is 10.9. The van der Waals surface area contributed by atoms with Crippen molar-refractivity contribution >= 4 is 72.5 Å². The Kier molecular flexibility index (Phi) is 3.18. The zero-order valence-electron chi connectivity index (χ0n) is 6.87. The van der Waals surface area contributed by atoms with Crippen molar-refractivity contribution in [2.24, 2.45) is 0 Å². The van der Waals surface area contributed by atoms with Crippen LogP contribution in [0.3, 0.4) is 0 Å². The lowest BCUT2D eigenvalue weighted by molar-refractivity contribution is 0.425. The van der Waals surface area contributed by atoms with Crippen LogP contribution < -0.4 is 5.46 Å². The maximum Gasteiger partial charge on any atom is 0.489 e. The summed E-state index contributed by atoms with van der Waals surface area (Å²) in [5, 5.41) is 19.3.